The van der Waals surface area contributed by atoms with E-state index in [1.807, 2.05) is 30.3 Å². The minimum absolute atomic E-state index is 0.147. The summed E-state index contributed by atoms with van der Waals surface area (Å²) in [6, 6.07) is 21.7. The zero-order valence-corrected chi connectivity index (χ0v) is 15.9. The van der Waals surface area contributed by atoms with Crippen LogP contribution >= 0.6 is 0 Å². The fourth-order valence-electron chi connectivity index (χ4n) is 3.12. The third-order valence-corrected chi connectivity index (χ3v) is 4.61. The molecule has 1 heterocycles. The maximum Gasteiger partial charge on any atom is 0.255 e. The largest absolute Gasteiger partial charge is 0.454 e. The zero-order chi connectivity index (χ0) is 20.2. The number of carbonyl (C=O) groups excluding carboxylic acids is 2. The first-order valence-electron chi connectivity index (χ1n) is 9.20. The second kappa shape index (κ2) is 8.06. The minimum atomic E-state index is -0.302. The van der Waals surface area contributed by atoms with Gasteiger partial charge in [0.15, 0.2) is 11.5 Å². The van der Waals surface area contributed by atoms with E-state index in [2.05, 4.69) is 5.32 Å². The summed E-state index contributed by atoms with van der Waals surface area (Å²) in [5, 5.41) is 2.82. The lowest BCUT2D eigenvalue weighted by Gasteiger charge is -2.17. The number of fused-ring (bicyclic) bond motifs is 1. The Morgan fingerprint density at radius 3 is 2.48 bits per heavy atom. The molecular formula is C23H20N2O4. The molecule has 0 atom stereocenters. The van der Waals surface area contributed by atoms with Crippen LogP contribution < -0.4 is 14.8 Å². The van der Waals surface area contributed by atoms with Crippen LogP contribution in [-0.2, 0) is 6.54 Å². The van der Waals surface area contributed by atoms with Crippen LogP contribution in [0.5, 0.6) is 11.5 Å². The summed E-state index contributed by atoms with van der Waals surface area (Å²) in [5.41, 5.74) is 2.50. The van der Waals surface area contributed by atoms with E-state index in [1.54, 1.807) is 54.4 Å². The van der Waals surface area contributed by atoms with Crippen LogP contribution in [0, 0.1) is 0 Å². The van der Waals surface area contributed by atoms with Gasteiger partial charge in [0.25, 0.3) is 11.8 Å². The number of benzene rings is 3. The van der Waals surface area contributed by atoms with Gasteiger partial charge in [0.1, 0.15) is 0 Å². The molecule has 0 aliphatic carbocycles. The Bertz CT molecular complexity index is 1050. The summed E-state index contributed by atoms with van der Waals surface area (Å²) in [5.74, 6) is 0.794. The topological polar surface area (TPSA) is 67.9 Å². The third kappa shape index (κ3) is 4.21. The van der Waals surface area contributed by atoms with Crippen LogP contribution in [0.15, 0.2) is 72.8 Å². The summed E-state index contributed by atoms with van der Waals surface area (Å²) >= 11 is 0. The number of nitrogens with one attached hydrogen (secondary N) is 1. The summed E-state index contributed by atoms with van der Waals surface area (Å²) in [4.78, 5) is 27.0. The van der Waals surface area contributed by atoms with Gasteiger partial charge in [-0.25, -0.2) is 0 Å². The van der Waals surface area contributed by atoms with E-state index in [4.69, 9.17) is 9.47 Å². The van der Waals surface area contributed by atoms with Gasteiger partial charge in [0, 0.05) is 36.5 Å². The molecule has 0 fully saturated rings. The summed E-state index contributed by atoms with van der Waals surface area (Å²) in [6.45, 7) is 0.667. The van der Waals surface area contributed by atoms with Crippen molar-refractivity contribution in [1.82, 2.24) is 4.90 Å². The molecule has 0 saturated heterocycles. The van der Waals surface area contributed by atoms with Crippen LogP contribution in [0.25, 0.3) is 0 Å². The summed E-state index contributed by atoms with van der Waals surface area (Å²) in [7, 11) is 1.74. The average molecular weight is 388 g/mol. The van der Waals surface area contributed by atoms with Gasteiger partial charge < -0.3 is 19.7 Å². The Morgan fingerprint density at radius 2 is 1.66 bits per heavy atom. The Labute approximate surface area is 168 Å². The van der Waals surface area contributed by atoms with E-state index in [9.17, 15) is 9.59 Å². The molecule has 0 saturated carbocycles. The lowest BCUT2D eigenvalue weighted by Crippen LogP contribution is -2.26. The van der Waals surface area contributed by atoms with Crippen molar-refractivity contribution in [3.8, 4) is 11.5 Å². The number of nitrogens with zero attached hydrogens (tertiary/aromatic N) is 1. The monoisotopic (exact) mass is 388 g/mol. The van der Waals surface area contributed by atoms with Gasteiger partial charge in [-0.3, -0.25) is 9.59 Å². The van der Waals surface area contributed by atoms with Crippen molar-refractivity contribution in [2.24, 2.45) is 0 Å². The smallest absolute Gasteiger partial charge is 0.255 e. The van der Waals surface area contributed by atoms with Crippen LogP contribution in [0.1, 0.15) is 26.3 Å². The average Bonchev–Trinajstić information content (AvgIpc) is 3.22. The van der Waals surface area contributed by atoms with Crippen LogP contribution in [0.4, 0.5) is 5.69 Å². The Kier molecular flexibility index (Phi) is 5.16. The molecule has 0 aromatic heterocycles. The summed E-state index contributed by atoms with van der Waals surface area (Å²) < 4.78 is 10.6. The van der Waals surface area contributed by atoms with Crippen molar-refractivity contribution < 1.29 is 19.1 Å². The van der Waals surface area contributed by atoms with E-state index in [1.165, 1.54) is 0 Å². The van der Waals surface area contributed by atoms with E-state index in [-0.39, 0.29) is 18.6 Å². The molecule has 0 radical (unpaired) electrons. The first-order chi connectivity index (χ1) is 14.1. The van der Waals surface area contributed by atoms with E-state index >= 15 is 0 Å². The lowest BCUT2D eigenvalue weighted by atomic mass is 10.1. The second-order valence-corrected chi connectivity index (χ2v) is 6.75. The summed E-state index contributed by atoms with van der Waals surface area (Å²) in [6.07, 6.45) is 0. The van der Waals surface area contributed by atoms with Crippen molar-refractivity contribution >= 4 is 17.5 Å². The first-order valence-corrected chi connectivity index (χ1v) is 9.20. The molecule has 6 nitrogen and oxygen atoms in total. The normalized spacial score (nSPS) is 11.8. The Morgan fingerprint density at radius 1 is 0.897 bits per heavy atom. The van der Waals surface area contributed by atoms with Crippen molar-refractivity contribution in [3.05, 3.63) is 89.5 Å². The van der Waals surface area contributed by atoms with Gasteiger partial charge in [-0.2, -0.15) is 0 Å². The van der Waals surface area contributed by atoms with Crippen LogP contribution in [0.3, 0.4) is 0 Å². The molecule has 0 unspecified atom stereocenters. The number of rotatable bonds is 5. The number of amides is 2. The predicted octanol–water partition coefficient (Wildman–Crippen LogP) is 3.94. The molecule has 4 rings (SSSR count). The maximum absolute atomic E-state index is 12.8. The molecule has 1 N–H and O–H groups in total. The Balaban J connectivity index is 1.46. The zero-order valence-electron chi connectivity index (χ0n) is 15.9. The lowest BCUT2D eigenvalue weighted by molar-refractivity contribution is 0.0785. The molecule has 1 aliphatic rings. The number of anilines is 1. The number of ether oxygens (including phenoxy) is 2. The molecule has 146 valence electrons. The van der Waals surface area contributed by atoms with Crippen molar-refractivity contribution in [2.75, 3.05) is 19.2 Å². The molecule has 0 bridgehead atoms. The van der Waals surface area contributed by atoms with E-state index in [0.717, 1.165) is 5.56 Å². The molecule has 29 heavy (non-hydrogen) atoms. The highest BCUT2D eigenvalue weighted by Gasteiger charge is 2.17. The Hall–Kier alpha value is -3.80. The number of carbonyl (C=O) groups is 2. The highest BCUT2D eigenvalue weighted by Crippen LogP contribution is 2.34. The highest BCUT2D eigenvalue weighted by molar-refractivity contribution is 6.06. The van der Waals surface area contributed by atoms with E-state index in [0.29, 0.717) is 34.9 Å². The van der Waals surface area contributed by atoms with Gasteiger partial charge in [0.05, 0.1) is 0 Å². The van der Waals surface area contributed by atoms with Gasteiger partial charge in [0.2, 0.25) is 6.79 Å². The van der Waals surface area contributed by atoms with Crippen molar-refractivity contribution in [3.63, 3.8) is 0 Å². The molecule has 3 aromatic carbocycles. The molecule has 2 amide bonds. The highest BCUT2D eigenvalue weighted by atomic mass is 16.7. The predicted molar refractivity (Wildman–Crippen MR) is 109 cm³/mol. The molecular weight excluding hydrogens is 368 g/mol. The standard InChI is InChI=1S/C23H20N2O4/c1-25(14-16-6-3-2-4-7-16)23(27)18-9-5-8-17(12-18)22(26)24-19-10-11-20-21(13-19)29-15-28-20/h2-13H,14-15H2,1H3,(H,24,26). The maximum atomic E-state index is 12.8. The molecule has 1 aliphatic heterocycles. The number of hydrogen-bond donors (Lipinski definition) is 1. The molecule has 3 aromatic rings. The fraction of sp³-hybridized carbons (Fsp3) is 0.130. The van der Waals surface area contributed by atoms with Gasteiger partial charge in [-0.05, 0) is 35.9 Å². The molecule has 0 spiro atoms. The quantitative estimate of drug-likeness (QED) is 0.719. The fourth-order valence-corrected chi connectivity index (χ4v) is 3.12. The second-order valence-electron chi connectivity index (χ2n) is 6.75. The van der Waals surface area contributed by atoms with Gasteiger partial charge in [-0.15, -0.1) is 0 Å². The first kappa shape index (κ1) is 18.6. The van der Waals surface area contributed by atoms with Crippen molar-refractivity contribution in [2.45, 2.75) is 6.54 Å². The van der Waals surface area contributed by atoms with Crippen molar-refractivity contribution in [1.29, 1.82) is 0 Å². The minimum Gasteiger partial charge on any atom is -0.454 e. The van der Waals surface area contributed by atoms with E-state index < -0.39 is 0 Å². The SMILES string of the molecule is CN(Cc1ccccc1)C(=O)c1cccc(C(=O)Nc2ccc3c(c2)OCO3)c1. The van der Waals surface area contributed by atoms with Crippen LogP contribution in [-0.4, -0.2) is 30.6 Å². The van der Waals surface area contributed by atoms with Gasteiger partial charge >= 0.3 is 0 Å². The molecule has 6 heteroatoms. The van der Waals surface area contributed by atoms with Gasteiger partial charge in [-0.1, -0.05) is 36.4 Å². The number of hydrogen-bond acceptors (Lipinski definition) is 4. The van der Waals surface area contributed by atoms with Crippen LogP contribution in [0.2, 0.25) is 0 Å². The third-order valence-electron chi connectivity index (χ3n) is 4.61.